The molecule has 7 heteroatoms. The summed E-state index contributed by atoms with van der Waals surface area (Å²) in [6.45, 7) is 0. The van der Waals surface area contributed by atoms with Crippen molar-refractivity contribution >= 4 is 5.69 Å². The number of hydrogen-bond donors (Lipinski definition) is 0. The lowest BCUT2D eigenvalue weighted by Crippen LogP contribution is -2.04. The van der Waals surface area contributed by atoms with E-state index in [1.165, 1.54) is 31.4 Å². The first kappa shape index (κ1) is 15.8. The third-order valence-corrected chi connectivity index (χ3v) is 3.13. The predicted octanol–water partition coefficient (Wildman–Crippen LogP) is 4.21. The van der Waals surface area contributed by atoms with Crippen molar-refractivity contribution in [3.05, 3.63) is 69.3 Å². The number of nitro groups is 1. The van der Waals surface area contributed by atoms with E-state index < -0.39 is 16.7 Å². The van der Waals surface area contributed by atoms with Gasteiger partial charge in [0.25, 0.3) is 0 Å². The number of nitro benzene ring substituents is 1. The van der Waals surface area contributed by atoms with Crippen molar-refractivity contribution in [2.75, 3.05) is 7.11 Å². The molecule has 0 bridgehead atoms. The Morgan fingerprint density at radius 3 is 2.18 bits per heavy atom. The number of rotatable bonds is 4. The van der Waals surface area contributed by atoms with E-state index in [1.54, 1.807) is 6.07 Å². The Morgan fingerprint density at radius 1 is 1.09 bits per heavy atom. The fourth-order valence-corrected chi connectivity index (χ4v) is 2.04. The largest absolute Gasteiger partial charge is 0.490 e. The van der Waals surface area contributed by atoms with Crippen LogP contribution in [-0.4, -0.2) is 12.0 Å². The predicted molar refractivity (Wildman–Crippen MR) is 73.9 cm³/mol. The number of nitrogens with zero attached hydrogens (tertiary/aromatic N) is 1. The third kappa shape index (κ3) is 3.55. The van der Waals surface area contributed by atoms with Crippen LogP contribution in [0.5, 0.6) is 5.75 Å². The molecular formula is C15H12F3NO3. The maximum atomic E-state index is 12.5. The molecule has 0 unspecified atom stereocenters. The van der Waals surface area contributed by atoms with Crippen molar-refractivity contribution in [3.63, 3.8) is 0 Å². The van der Waals surface area contributed by atoms with Crippen molar-refractivity contribution < 1.29 is 22.8 Å². The first-order valence-electron chi connectivity index (χ1n) is 6.28. The molecule has 0 radical (unpaired) electrons. The van der Waals surface area contributed by atoms with Crippen LogP contribution in [0.2, 0.25) is 0 Å². The smallest absolute Gasteiger partial charge is 0.416 e. The standard InChI is InChI=1S/C15H12F3NO3/c1-22-14-7-4-11(9-13(14)19(20)21)8-10-2-5-12(6-3-10)15(16,17)18/h2-7,9H,8H2,1H3. The van der Waals surface area contributed by atoms with Crippen LogP contribution in [0.4, 0.5) is 18.9 Å². The molecule has 2 rings (SSSR count). The number of alkyl halides is 3. The van der Waals surface area contributed by atoms with Crippen LogP contribution in [0, 0.1) is 10.1 Å². The minimum Gasteiger partial charge on any atom is -0.490 e. The Balaban J connectivity index is 2.24. The lowest BCUT2D eigenvalue weighted by molar-refractivity contribution is -0.385. The molecule has 0 aliphatic rings. The fraction of sp³-hybridized carbons (Fsp3) is 0.200. The minimum atomic E-state index is -4.38. The minimum absolute atomic E-state index is 0.140. The highest BCUT2D eigenvalue weighted by molar-refractivity contribution is 5.49. The van der Waals surface area contributed by atoms with Crippen LogP contribution in [0.25, 0.3) is 0 Å². The highest BCUT2D eigenvalue weighted by Crippen LogP contribution is 2.30. The van der Waals surface area contributed by atoms with Crippen LogP contribution in [-0.2, 0) is 12.6 Å². The summed E-state index contributed by atoms with van der Waals surface area (Å²) in [7, 11) is 1.33. The molecular weight excluding hydrogens is 299 g/mol. The maximum Gasteiger partial charge on any atom is 0.416 e. The first-order valence-corrected chi connectivity index (χ1v) is 6.28. The van der Waals surface area contributed by atoms with E-state index in [4.69, 9.17) is 4.74 Å². The molecule has 4 nitrogen and oxygen atoms in total. The van der Waals surface area contributed by atoms with Gasteiger partial charge in [-0.15, -0.1) is 0 Å². The molecule has 2 aromatic rings. The van der Waals surface area contributed by atoms with E-state index in [1.807, 2.05) is 0 Å². The zero-order valence-corrected chi connectivity index (χ0v) is 11.6. The molecule has 0 saturated carbocycles. The van der Waals surface area contributed by atoms with E-state index in [-0.39, 0.29) is 11.4 Å². The van der Waals surface area contributed by atoms with E-state index in [0.717, 1.165) is 12.1 Å². The summed E-state index contributed by atoms with van der Waals surface area (Å²) in [5.74, 6) is 0.140. The van der Waals surface area contributed by atoms with Crippen LogP contribution >= 0.6 is 0 Å². The molecule has 0 atom stereocenters. The van der Waals surface area contributed by atoms with Gasteiger partial charge >= 0.3 is 11.9 Å². The SMILES string of the molecule is COc1ccc(Cc2ccc(C(F)(F)F)cc2)cc1[N+](=O)[O-]. The molecule has 0 saturated heterocycles. The molecule has 116 valence electrons. The Kier molecular flexibility index (Phi) is 4.35. The van der Waals surface area contributed by atoms with Crippen LogP contribution in [0.1, 0.15) is 16.7 Å². The normalized spacial score (nSPS) is 11.3. The van der Waals surface area contributed by atoms with Gasteiger partial charge in [0.15, 0.2) is 5.75 Å². The van der Waals surface area contributed by atoms with Gasteiger partial charge < -0.3 is 4.74 Å². The van der Waals surface area contributed by atoms with Gasteiger partial charge in [0, 0.05) is 6.07 Å². The van der Waals surface area contributed by atoms with Gasteiger partial charge in [-0.2, -0.15) is 13.2 Å². The number of methoxy groups -OCH3 is 1. The number of benzene rings is 2. The van der Waals surface area contributed by atoms with Crippen molar-refractivity contribution in [3.8, 4) is 5.75 Å². The Bertz CT molecular complexity index is 681. The van der Waals surface area contributed by atoms with Gasteiger partial charge in [-0.05, 0) is 35.7 Å². The lowest BCUT2D eigenvalue weighted by Gasteiger charge is -2.08. The van der Waals surface area contributed by atoms with E-state index in [9.17, 15) is 23.3 Å². The average molecular weight is 311 g/mol. The maximum absolute atomic E-state index is 12.5. The number of halogens is 3. The summed E-state index contributed by atoms with van der Waals surface area (Å²) in [6, 6.07) is 9.18. The number of hydrogen-bond acceptors (Lipinski definition) is 3. The molecule has 0 amide bonds. The second kappa shape index (κ2) is 6.05. The molecule has 2 aromatic carbocycles. The summed E-state index contributed by atoms with van der Waals surface area (Å²) in [5, 5.41) is 10.9. The van der Waals surface area contributed by atoms with Crippen LogP contribution in [0.3, 0.4) is 0 Å². The number of ether oxygens (including phenoxy) is 1. The van der Waals surface area contributed by atoms with Gasteiger partial charge in [0.05, 0.1) is 17.6 Å². The van der Waals surface area contributed by atoms with Gasteiger partial charge in [-0.25, -0.2) is 0 Å². The monoisotopic (exact) mass is 311 g/mol. The summed E-state index contributed by atoms with van der Waals surface area (Å²) >= 11 is 0. The van der Waals surface area contributed by atoms with Crippen molar-refractivity contribution in [2.24, 2.45) is 0 Å². The molecule has 0 aromatic heterocycles. The molecule has 0 fully saturated rings. The van der Waals surface area contributed by atoms with Crippen molar-refractivity contribution in [1.82, 2.24) is 0 Å². The molecule has 0 spiro atoms. The lowest BCUT2D eigenvalue weighted by atomic mass is 10.0. The van der Waals surface area contributed by atoms with Crippen molar-refractivity contribution in [2.45, 2.75) is 12.6 Å². The second-order valence-corrected chi connectivity index (χ2v) is 4.63. The van der Waals surface area contributed by atoms with Crippen molar-refractivity contribution in [1.29, 1.82) is 0 Å². The quantitative estimate of drug-likeness (QED) is 0.627. The summed E-state index contributed by atoms with van der Waals surface area (Å²) < 4.78 is 42.3. The summed E-state index contributed by atoms with van der Waals surface area (Å²) in [6.07, 6.45) is -4.08. The van der Waals surface area contributed by atoms with E-state index >= 15 is 0 Å². The molecule has 0 aliphatic carbocycles. The van der Waals surface area contributed by atoms with E-state index in [0.29, 0.717) is 17.5 Å². The van der Waals surface area contributed by atoms with Crippen LogP contribution < -0.4 is 4.74 Å². The fourth-order valence-electron chi connectivity index (χ4n) is 2.04. The molecule has 0 heterocycles. The molecule has 0 aliphatic heterocycles. The van der Waals surface area contributed by atoms with Crippen LogP contribution in [0.15, 0.2) is 42.5 Å². The van der Waals surface area contributed by atoms with Gasteiger partial charge in [-0.1, -0.05) is 18.2 Å². The topological polar surface area (TPSA) is 52.4 Å². The highest BCUT2D eigenvalue weighted by Gasteiger charge is 2.29. The second-order valence-electron chi connectivity index (χ2n) is 4.63. The molecule has 22 heavy (non-hydrogen) atoms. The highest BCUT2D eigenvalue weighted by atomic mass is 19.4. The zero-order chi connectivity index (χ0) is 16.3. The Labute approximate surface area is 124 Å². The van der Waals surface area contributed by atoms with Gasteiger partial charge in [0.1, 0.15) is 0 Å². The summed E-state index contributed by atoms with van der Waals surface area (Å²) in [4.78, 5) is 10.4. The Hall–Kier alpha value is -2.57. The first-order chi connectivity index (χ1) is 10.3. The zero-order valence-electron chi connectivity index (χ0n) is 11.6. The average Bonchev–Trinajstić information content (AvgIpc) is 2.46. The third-order valence-electron chi connectivity index (χ3n) is 3.13. The van der Waals surface area contributed by atoms with E-state index in [2.05, 4.69) is 0 Å². The summed E-state index contributed by atoms with van der Waals surface area (Å²) in [5.41, 5.74) is 0.351. The van der Waals surface area contributed by atoms with Gasteiger partial charge in [0.2, 0.25) is 0 Å². The molecule has 0 N–H and O–H groups in total. The van der Waals surface area contributed by atoms with Gasteiger partial charge in [-0.3, -0.25) is 10.1 Å². The Morgan fingerprint density at radius 2 is 1.68 bits per heavy atom.